The van der Waals surface area contributed by atoms with Gasteiger partial charge in [0.15, 0.2) is 0 Å². The van der Waals surface area contributed by atoms with Gasteiger partial charge >= 0.3 is 12.1 Å². The fraction of sp³-hybridized carbons (Fsp3) is 0.579. The maximum atomic E-state index is 12.8. The number of nitrogens with zero attached hydrogens (tertiary/aromatic N) is 3. The van der Waals surface area contributed by atoms with E-state index in [9.17, 15) is 18.0 Å². The van der Waals surface area contributed by atoms with Gasteiger partial charge in [-0.3, -0.25) is 4.90 Å². The summed E-state index contributed by atoms with van der Waals surface area (Å²) < 4.78 is 25.9. The largest absolute Gasteiger partial charge is 0.338 e. The van der Waals surface area contributed by atoms with Crippen LogP contribution in [0.25, 0.3) is 0 Å². The molecule has 1 aromatic rings. The molecular formula is C19H29N5O4S. The highest BCUT2D eigenvalue weighted by Crippen LogP contribution is 2.31. The molecule has 2 aliphatic rings. The highest BCUT2D eigenvalue weighted by atomic mass is 32.2. The van der Waals surface area contributed by atoms with Crippen LogP contribution < -0.4 is 15.5 Å². The zero-order valence-corrected chi connectivity index (χ0v) is 18.0. The van der Waals surface area contributed by atoms with E-state index >= 15 is 0 Å². The second-order valence-electron chi connectivity index (χ2n) is 7.55. The molecule has 1 fully saturated rings. The lowest BCUT2D eigenvalue weighted by Gasteiger charge is -2.34. The van der Waals surface area contributed by atoms with Gasteiger partial charge in [0.2, 0.25) is 10.0 Å². The minimum Gasteiger partial charge on any atom is -0.338 e. The number of nitrogens with one attached hydrogen (secondary N) is 2. The standard InChI is InChI=1S/C19H29N5O4S/c1-4-20-18(25)23-10-5-6-15(13-23)21-19(26)24-11-9-14-12-16(7-8-17(14)24)29(27,28)22(2)3/h7-8,12,15H,4-6,9-11,13H2,1-3H3,(H,20,25)(H,21,26). The van der Waals surface area contributed by atoms with Crippen LogP contribution in [0.15, 0.2) is 23.1 Å². The molecule has 10 heteroatoms. The fourth-order valence-electron chi connectivity index (χ4n) is 3.76. The van der Waals surface area contributed by atoms with E-state index in [-0.39, 0.29) is 23.0 Å². The smallest absolute Gasteiger partial charge is 0.322 e. The van der Waals surface area contributed by atoms with Gasteiger partial charge in [-0.25, -0.2) is 22.3 Å². The summed E-state index contributed by atoms with van der Waals surface area (Å²) in [6.07, 6.45) is 2.27. The van der Waals surface area contributed by atoms with E-state index < -0.39 is 10.0 Å². The number of rotatable bonds is 4. The van der Waals surface area contributed by atoms with Gasteiger partial charge in [0.1, 0.15) is 0 Å². The first-order chi connectivity index (χ1) is 13.7. The Morgan fingerprint density at radius 3 is 2.66 bits per heavy atom. The average Bonchev–Trinajstić information content (AvgIpc) is 3.11. The number of fused-ring (bicyclic) bond motifs is 1. The molecule has 0 radical (unpaired) electrons. The van der Waals surface area contributed by atoms with Crippen LogP contribution in [0.5, 0.6) is 0 Å². The van der Waals surface area contributed by atoms with E-state index in [1.165, 1.54) is 24.5 Å². The zero-order valence-electron chi connectivity index (χ0n) is 17.1. The Morgan fingerprint density at radius 1 is 1.21 bits per heavy atom. The van der Waals surface area contributed by atoms with E-state index in [4.69, 9.17) is 0 Å². The maximum Gasteiger partial charge on any atom is 0.322 e. The highest BCUT2D eigenvalue weighted by Gasteiger charge is 2.30. The van der Waals surface area contributed by atoms with Crippen molar-refractivity contribution in [3.63, 3.8) is 0 Å². The molecule has 0 saturated carbocycles. The minimum absolute atomic E-state index is 0.101. The summed E-state index contributed by atoms with van der Waals surface area (Å²) in [6.45, 7) is 4.12. The van der Waals surface area contributed by atoms with Crippen molar-refractivity contribution in [2.24, 2.45) is 0 Å². The Hall–Kier alpha value is -2.33. The van der Waals surface area contributed by atoms with E-state index in [1.54, 1.807) is 21.9 Å². The van der Waals surface area contributed by atoms with Crippen LogP contribution in [-0.4, -0.2) is 76.0 Å². The molecule has 2 heterocycles. The van der Waals surface area contributed by atoms with Gasteiger partial charge in [0, 0.05) is 52.0 Å². The lowest BCUT2D eigenvalue weighted by molar-refractivity contribution is 0.173. The maximum absolute atomic E-state index is 12.8. The quantitative estimate of drug-likeness (QED) is 0.760. The number of urea groups is 2. The Labute approximate surface area is 172 Å². The molecule has 1 aromatic carbocycles. The summed E-state index contributed by atoms with van der Waals surface area (Å²) in [4.78, 5) is 28.5. The Bertz CT molecular complexity index is 887. The van der Waals surface area contributed by atoms with Crippen molar-refractivity contribution in [3.8, 4) is 0 Å². The van der Waals surface area contributed by atoms with Gasteiger partial charge in [-0.2, -0.15) is 0 Å². The predicted molar refractivity (Wildman–Crippen MR) is 111 cm³/mol. The number of likely N-dealkylation sites (tertiary alicyclic amines) is 1. The monoisotopic (exact) mass is 423 g/mol. The summed E-state index contributed by atoms with van der Waals surface area (Å²) in [5, 5.41) is 5.82. The first-order valence-electron chi connectivity index (χ1n) is 9.90. The van der Waals surface area contributed by atoms with Crippen molar-refractivity contribution in [2.75, 3.05) is 45.2 Å². The summed E-state index contributed by atoms with van der Waals surface area (Å²) in [5.74, 6) is 0. The molecule has 1 saturated heterocycles. The molecule has 29 heavy (non-hydrogen) atoms. The van der Waals surface area contributed by atoms with Crippen LogP contribution in [0.2, 0.25) is 0 Å². The van der Waals surface area contributed by atoms with Crippen LogP contribution in [0.3, 0.4) is 0 Å². The molecule has 1 atom stereocenters. The lowest BCUT2D eigenvalue weighted by atomic mass is 10.1. The third-order valence-corrected chi connectivity index (χ3v) is 7.15. The molecule has 2 N–H and O–H groups in total. The van der Waals surface area contributed by atoms with Gasteiger partial charge in [-0.1, -0.05) is 0 Å². The van der Waals surface area contributed by atoms with E-state index in [1.807, 2.05) is 6.92 Å². The van der Waals surface area contributed by atoms with E-state index in [0.717, 1.165) is 24.1 Å². The van der Waals surface area contributed by atoms with Crippen molar-refractivity contribution in [2.45, 2.75) is 37.1 Å². The van der Waals surface area contributed by atoms with Crippen molar-refractivity contribution in [3.05, 3.63) is 23.8 Å². The Balaban J connectivity index is 1.67. The number of carbonyl (C=O) groups is 2. The zero-order chi connectivity index (χ0) is 21.2. The first-order valence-corrected chi connectivity index (χ1v) is 11.3. The normalized spacial score (nSPS) is 19.2. The molecule has 0 aromatic heterocycles. The van der Waals surface area contributed by atoms with Crippen molar-refractivity contribution >= 4 is 27.8 Å². The van der Waals surface area contributed by atoms with Crippen LogP contribution >= 0.6 is 0 Å². The fourth-order valence-corrected chi connectivity index (χ4v) is 4.71. The number of sulfonamides is 1. The number of anilines is 1. The molecule has 160 valence electrons. The number of carbonyl (C=O) groups excluding carboxylic acids is 2. The summed E-state index contributed by atoms with van der Waals surface area (Å²) >= 11 is 0. The molecule has 0 aliphatic carbocycles. The van der Waals surface area contributed by atoms with Crippen molar-refractivity contribution in [1.82, 2.24) is 19.8 Å². The Kier molecular flexibility index (Phi) is 6.33. The summed E-state index contributed by atoms with van der Waals surface area (Å²) in [6, 6.07) is 4.46. The predicted octanol–water partition coefficient (Wildman–Crippen LogP) is 1.20. The van der Waals surface area contributed by atoms with Gasteiger partial charge in [0.25, 0.3) is 0 Å². The molecule has 9 nitrogen and oxygen atoms in total. The molecule has 1 unspecified atom stereocenters. The van der Waals surface area contributed by atoms with Crippen LogP contribution in [0.1, 0.15) is 25.3 Å². The topological polar surface area (TPSA) is 102 Å². The summed E-state index contributed by atoms with van der Waals surface area (Å²) in [5.41, 5.74) is 1.58. The average molecular weight is 424 g/mol. The molecule has 0 bridgehead atoms. The van der Waals surface area contributed by atoms with Gasteiger partial charge in [0.05, 0.1) is 4.90 Å². The van der Waals surface area contributed by atoms with Crippen molar-refractivity contribution < 1.29 is 18.0 Å². The van der Waals surface area contributed by atoms with Gasteiger partial charge < -0.3 is 15.5 Å². The third-order valence-electron chi connectivity index (χ3n) is 5.33. The number of amides is 4. The molecule has 0 spiro atoms. The first kappa shape index (κ1) is 21.4. The van der Waals surface area contributed by atoms with E-state index in [2.05, 4.69) is 10.6 Å². The van der Waals surface area contributed by atoms with Crippen LogP contribution in [0, 0.1) is 0 Å². The molecule has 4 amide bonds. The number of piperidine rings is 1. The lowest BCUT2D eigenvalue weighted by Crippen LogP contribution is -2.54. The third kappa shape index (κ3) is 4.48. The Morgan fingerprint density at radius 2 is 1.97 bits per heavy atom. The number of hydrogen-bond donors (Lipinski definition) is 2. The van der Waals surface area contributed by atoms with Crippen LogP contribution in [0.4, 0.5) is 15.3 Å². The minimum atomic E-state index is -3.51. The molecule has 3 rings (SSSR count). The number of hydrogen-bond acceptors (Lipinski definition) is 4. The van der Waals surface area contributed by atoms with Gasteiger partial charge in [-0.15, -0.1) is 0 Å². The molecule has 2 aliphatic heterocycles. The second-order valence-corrected chi connectivity index (χ2v) is 9.70. The van der Waals surface area contributed by atoms with E-state index in [0.29, 0.717) is 32.6 Å². The highest BCUT2D eigenvalue weighted by molar-refractivity contribution is 7.89. The SMILES string of the molecule is CCNC(=O)N1CCCC(NC(=O)N2CCc3cc(S(=O)(=O)N(C)C)ccc32)C1. The summed E-state index contributed by atoms with van der Waals surface area (Å²) in [7, 11) is -0.514. The number of benzene rings is 1. The second kappa shape index (κ2) is 8.58. The van der Waals surface area contributed by atoms with Gasteiger partial charge in [-0.05, 0) is 49.9 Å². The van der Waals surface area contributed by atoms with Crippen molar-refractivity contribution in [1.29, 1.82) is 0 Å². The van der Waals surface area contributed by atoms with Crippen LogP contribution in [-0.2, 0) is 16.4 Å². The molecular weight excluding hydrogens is 394 g/mol.